The molecule has 8 heteroatoms. The molecule has 1 amide bonds. The Balaban J connectivity index is 0.00000312. The van der Waals surface area contributed by atoms with Gasteiger partial charge in [0, 0.05) is 13.0 Å². The molecule has 0 bridgehead atoms. The molecule has 0 aromatic heterocycles. The second kappa shape index (κ2) is 10.5. The summed E-state index contributed by atoms with van der Waals surface area (Å²) >= 11 is 0. The molecule has 1 aliphatic rings. The highest BCUT2D eigenvalue weighted by molar-refractivity contribution is 5.85. The monoisotopic (exact) mass is 380 g/mol. The molecule has 1 heterocycles. The van der Waals surface area contributed by atoms with Crippen LogP contribution in [0.5, 0.6) is 5.75 Å². The SMILES string of the molecule is Cl.O=C(CCc1ccccc1OC(F)(F)F)NCCC1CCCNC1. The number of piperidine rings is 1. The highest BCUT2D eigenvalue weighted by Crippen LogP contribution is 2.26. The first-order chi connectivity index (χ1) is 11.4. The average Bonchev–Trinajstić information content (AvgIpc) is 2.54. The van der Waals surface area contributed by atoms with Crippen molar-refractivity contribution in [1.82, 2.24) is 10.6 Å². The molecule has 1 saturated heterocycles. The summed E-state index contributed by atoms with van der Waals surface area (Å²) in [5, 5.41) is 6.16. The van der Waals surface area contributed by atoms with Gasteiger partial charge < -0.3 is 15.4 Å². The number of carbonyl (C=O) groups excluding carboxylic acids is 1. The van der Waals surface area contributed by atoms with Gasteiger partial charge in [0.1, 0.15) is 5.75 Å². The van der Waals surface area contributed by atoms with Crippen molar-refractivity contribution in [3.05, 3.63) is 29.8 Å². The molecule has 1 atom stereocenters. The second-order valence-corrected chi connectivity index (χ2v) is 6.01. The quantitative estimate of drug-likeness (QED) is 0.761. The zero-order valence-corrected chi connectivity index (χ0v) is 14.7. The predicted octanol–water partition coefficient (Wildman–Crippen LogP) is 3.45. The number of carbonyl (C=O) groups is 1. The molecule has 1 unspecified atom stereocenters. The molecule has 25 heavy (non-hydrogen) atoms. The van der Waals surface area contributed by atoms with E-state index in [0.717, 1.165) is 25.9 Å². The summed E-state index contributed by atoms with van der Waals surface area (Å²) in [4.78, 5) is 11.9. The summed E-state index contributed by atoms with van der Waals surface area (Å²) in [7, 11) is 0. The van der Waals surface area contributed by atoms with Gasteiger partial charge in [0.25, 0.3) is 0 Å². The van der Waals surface area contributed by atoms with E-state index in [1.165, 1.54) is 18.6 Å². The number of amides is 1. The van der Waals surface area contributed by atoms with Gasteiger partial charge in [0.2, 0.25) is 5.91 Å². The third-order valence-corrected chi connectivity index (χ3v) is 4.09. The summed E-state index contributed by atoms with van der Waals surface area (Å²) in [6.07, 6.45) is -1.12. The van der Waals surface area contributed by atoms with Crippen LogP contribution in [0.4, 0.5) is 13.2 Å². The lowest BCUT2D eigenvalue weighted by molar-refractivity contribution is -0.274. The number of halogens is 4. The van der Waals surface area contributed by atoms with Gasteiger partial charge in [-0.3, -0.25) is 4.79 Å². The van der Waals surface area contributed by atoms with Crippen LogP contribution in [0.1, 0.15) is 31.2 Å². The Morgan fingerprint density at radius 2 is 2.08 bits per heavy atom. The van der Waals surface area contributed by atoms with Crippen molar-refractivity contribution in [2.24, 2.45) is 5.92 Å². The molecule has 142 valence electrons. The van der Waals surface area contributed by atoms with E-state index >= 15 is 0 Å². The first-order valence-corrected chi connectivity index (χ1v) is 8.25. The van der Waals surface area contributed by atoms with Crippen molar-refractivity contribution >= 4 is 18.3 Å². The van der Waals surface area contributed by atoms with Crippen molar-refractivity contribution in [3.8, 4) is 5.75 Å². The number of aryl methyl sites for hydroxylation is 1. The van der Waals surface area contributed by atoms with Crippen molar-refractivity contribution in [2.75, 3.05) is 19.6 Å². The van der Waals surface area contributed by atoms with Gasteiger partial charge in [0.15, 0.2) is 0 Å². The maximum absolute atomic E-state index is 12.4. The van der Waals surface area contributed by atoms with Crippen LogP contribution in [0.3, 0.4) is 0 Å². The predicted molar refractivity (Wildman–Crippen MR) is 91.9 cm³/mol. The maximum Gasteiger partial charge on any atom is 0.573 e. The van der Waals surface area contributed by atoms with Crippen LogP contribution in [-0.4, -0.2) is 31.9 Å². The molecule has 0 saturated carbocycles. The van der Waals surface area contributed by atoms with E-state index in [1.807, 2.05) is 0 Å². The first-order valence-electron chi connectivity index (χ1n) is 8.25. The van der Waals surface area contributed by atoms with Crippen LogP contribution in [0.15, 0.2) is 24.3 Å². The van der Waals surface area contributed by atoms with Crippen molar-refractivity contribution in [3.63, 3.8) is 0 Å². The average molecular weight is 381 g/mol. The van der Waals surface area contributed by atoms with Crippen molar-refractivity contribution in [1.29, 1.82) is 0 Å². The van der Waals surface area contributed by atoms with E-state index in [4.69, 9.17) is 0 Å². The Morgan fingerprint density at radius 3 is 2.76 bits per heavy atom. The van der Waals surface area contributed by atoms with Gasteiger partial charge in [-0.15, -0.1) is 25.6 Å². The van der Waals surface area contributed by atoms with E-state index in [9.17, 15) is 18.0 Å². The highest BCUT2D eigenvalue weighted by Gasteiger charge is 2.31. The van der Waals surface area contributed by atoms with Gasteiger partial charge in [-0.2, -0.15) is 0 Å². The molecule has 1 aliphatic heterocycles. The van der Waals surface area contributed by atoms with Crippen LogP contribution in [-0.2, 0) is 11.2 Å². The van der Waals surface area contributed by atoms with Crippen LogP contribution >= 0.6 is 12.4 Å². The van der Waals surface area contributed by atoms with Crippen LogP contribution in [0.25, 0.3) is 0 Å². The number of hydrogen-bond acceptors (Lipinski definition) is 3. The number of rotatable bonds is 7. The lowest BCUT2D eigenvalue weighted by Crippen LogP contribution is -2.33. The van der Waals surface area contributed by atoms with Gasteiger partial charge in [-0.05, 0) is 56.3 Å². The molecule has 0 radical (unpaired) electrons. The molecule has 2 N–H and O–H groups in total. The summed E-state index contributed by atoms with van der Waals surface area (Å²) in [6.45, 7) is 2.65. The summed E-state index contributed by atoms with van der Waals surface area (Å²) in [6, 6.07) is 5.91. The summed E-state index contributed by atoms with van der Waals surface area (Å²) in [5.74, 6) is 0.187. The molecule has 0 aliphatic carbocycles. The molecular formula is C17H24ClF3N2O2. The van der Waals surface area contributed by atoms with Gasteiger partial charge in [-0.1, -0.05) is 18.2 Å². The Hall–Kier alpha value is -1.47. The normalized spacial score (nSPS) is 17.5. The molecule has 0 spiro atoms. The zero-order chi connectivity index (χ0) is 17.4. The second-order valence-electron chi connectivity index (χ2n) is 6.01. The molecular weight excluding hydrogens is 357 g/mol. The number of nitrogens with one attached hydrogen (secondary N) is 2. The smallest absolute Gasteiger partial charge is 0.406 e. The number of benzene rings is 1. The standard InChI is InChI=1S/C17H23F3N2O2.ClH/c18-17(19,20)24-15-6-2-1-5-14(15)7-8-16(23)22-11-9-13-4-3-10-21-12-13;/h1-2,5-6,13,21H,3-4,7-12H2,(H,22,23);1H. The fraction of sp³-hybridized carbons (Fsp3) is 0.588. The van der Waals surface area contributed by atoms with E-state index < -0.39 is 6.36 Å². The first kappa shape index (κ1) is 21.6. The van der Waals surface area contributed by atoms with Crippen molar-refractivity contribution in [2.45, 2.75) is 38.5 Å². The van der Waals surface area contributed by atoms with Gasteiger partial charge in [-0.25, -0.2) is 0 Å². The van der Waals surface area contributed by atoms with Crippen LogP contribution < -0.4 is 15.4 Å². The maximum atomic E-state index is 12.4. The zero-order valence-electron chi connectivity index (χ0n) is 13.9. The lowest BCUT2D eigenvalue weighted by atomic mass is 9.96. The fourth-order valence-electron chi connectivity index (χ4n) is 2.86. The fourth-order valence-corrected chi connectivity index (χ4v) is 2.86. The molecule has 1 aromatic rings. The third-order valence-electron chi connectivity index (χ3n) is 4.09. The highest BCUT2D eigenvalue weighted by atomic mass is 35.5. The number of ether oxygens (including phenoxy) is 1. The van der Waals surface area contributed by atoms with E-state index in [-0.39, 0.29) is 36.9 Å². The Morgan fingerprint density at radius 1 is 1.32 bits per heavy atom. The minimum absolute atomic E-state index is 0. The topological polar surface area (TPSA) is 50.4 Å². The molecule has 2 rings (SSSR count). The number of hydrogen-bond donors (Lipinski definition) is 2. The summed E-state index contributed by atoms with van der Waals surface area (Å²) in [5.41, 5.74) is 0.376. The lowest BCUT2D eigenvalue weighted by Gasteiger charge is -2.22. The number of para-hydroxylation sites is 1. The molecule has 1 aromatic carbocycles. The van der Waals surface area contributed by atoms with Crippen molar-refractivity contribution < 1.29 is 22.7 Å². The minimum Gasteiger partial charge on any atom is -0.406 e. The van der Waals surface area contributed by atoms with E-state index in [1.54, 1.807) is 12.1 Å². The molecule has 4 nitrogen and oxygen atoms in total. The van der Waals surface area contributed by atoms with E-state index in [2.05, 4.69) is 15.4 Å². The third kappa shape index (κ3) is 8.45. The largest absolute Gasteiger partial charge is 0.573 e. The van der Waals surface area contributed by atoms with Gasteiger partial charge in [0.05, 0.1) is 0 Å². The Bertz CT molecular complexity index is 535. The Labute approximate surface area is 151 Å². The Kier molecular flexibility index (Phi) is 9.06. The molecule has 1 fully saturated rings. The minimum atomic E-state index is -4.73. The van der Waals surface area contributed by atoms with Crippen LogP contribution in [0.2, 0.25) is 0 Å². The van der Waals surface area contributed by atoms with Crippen LogP contribution in [0, 0.1) is 5.92 Å². The summed E-state index contributed by atoms with van der Waals surface area (Å²) < 4.78 is 41.1. The number of alkyl halides is 3. The van der Waals surface area contributed by atoms with E-state index in [0.29, 0.717) is 18.0 Å². The van der Waals surface area contributed by atoms with Gasteiger partial charge >= 0.3 is 6.36 Å².